The first-order valence-electron chi connectivity index (χ1n) is 6.86. The van der Waals surface area contributed by atoms with Gasteiger partial charge >= 0.3 is 12.1 Å². The van der Waals surface area contributed by atoms with Crippen molar-refractivity contribution >= 4 is 12.1 Å². The molecule has 0 saturated carbocycles. The highest BCUT2D eigenvalue weighted by Gasteiger charge is 2.36. The standard InChI is InChI=1S/C14H25NO4/c1-6-11-8-7-10(12(16)18-5)9-15(11)13(17)19-14(2,3)4/h10-11H,6-9H2,1-5H3. The summed E-state index contributed by atoms with van der Waals surface area (Å²) < 4.78 is 10.2. The first-order valence-corrected chi connectivity index (χ1v) is 6.86. The topological polar surface area (TPSA) is 55.8 Å². The van der Waals surface area contributed by atoms with Crippen LogP contribution in [0.25, 0.3) is 0 Å². The molecule has 1 fully saturated rings. The van der Waals surface area contributed by atoms with E-state index in [0.29, 0.717) is 6.54 Å². The van der Waals surface area contributed by atoms with Crippen LogP contribution in [0.15, 0.2) is 0 Å². The maximum Gasteiger partial charge on any atom is 0.410 e. The third-order valence-corrected chi connectivity index (χ3v) is 3.34. The Morgan fingerprint density at radius 1 is 1.26 bits per heavy atom. The molecule has 1 saturated heterocycles. The van der Waals surface area contributed by atoms with Gasteiger partial charge in [-0.3, -0.25) is 4.79 Å². The minimum absolute atomic E-state index is 0.149. The van der Waals surface area contributed by atoms with Crippen LogP contribution in [-0.4, -0.2) is 42.3 Å². The lowest BCUT2D eigenvalue weighted by Gasteiger charge is -2.38. The summed E-state index contributed by atoms with van der Waals surface area (Å²) in [7, 11) is 1.38. The van der Waals surface area contributed by atoms with Gasteiger partial charge in [-0.2, -0.15) is 0 Å². The molecule has 1 amide bonds. The van der Waals surface area contributed by atoms with Crippen molar-refractivity contribution in [1.29, 1.82) is 0 Å². The second-order valence-corrected chi connectivity index (χ2v) is 5.99. The van der Waals surface area contributed by atoms with Crippen LogP contribution in [0.4, 0.5) is 4.79 Å². The van der Waals surface area contributed by atoms with E-state index >= 15 is 0 Å². The summed E-state index contributed by atoms with van der Waals surface area (Å²) in [6.07, 6.45) is 2.11. The molecular formula is C14H25NO4. The van der Waals surface area contributed by atoms with E-state index < -0.39 is 5.60 Å². The zero-order chi connectivity index (χ0) is 14.6. The Labute approximate surface area is 115 Å². The quantitative estimate of drug-likeness (QED) is 0.724. The maximum absolute atomic E-state index is 12.2. The third kappa shape index (κ3) is 4.40. The molecule has 1 heterocycles. The predicted octanol–water partition coefficient (Wildman–Crippen LogP) is 2.59. The number of nitrogens with zero attached hydrogens (tertiary/aromatic N) is 1. The summed E-state index contributed by atoms with van der Waals surface area (Å²) in [6.45, 7) is 7.95. The first kappa shape index (κ1) is 15.8. The summed E-state index contributed by atoms with van der Waals surface area (Å²) in [6, 6.07) is 0.149. The van der Waals surface area contributed by atoms with Crippen molar-refractivity contribution in [1.82, 2.24) is 4.90 Å². The fraction of sp³-hybridized carbons (Fsp3) is 0.857. The number of carbonyl (C=O) groups is 2. The van der Waals surface area contributed by atoms with E-state index in [4.69, 9.17) is 9.47 Å². The summed E-state index contributed by atoms with van der Waals surface area (Å²) in [5.74, 6) is -0.483. The van der Waals surface area contributed by atoms with Crippen LogP contribution < -0.4 is 0 Å². The van der Waals surface area contributed by atoms with Gasteiger partial charge in [-0.25, -0.2) is 4.79 Å². The first-order chi connectivity index (χ1) is 8.78. The molecular weight excluding hydrogens is 246 g/mol. The maximum atomic E-state index is 12.2. The smallest absolute Gasteiger partial charge is 0.410 e. The van der Waals surface area contributed by atoms with Gasteiger partial charge in [0.15, 0.2) is 0 Å². The Bertz CT molecular complexity index is 335. The molecule has 5 heteroatoms. The second-order valence-electron chi connectivity index (χ2n) is 5.99. The Morgan fingerprint density at radius 3 is 2.37 bits per heavy atom. The van der Waals surface area contributed by atoms with E-state index in [0.717, 1.165) is 19.3 Å². The Hall–Kier alpha value is -1.26. The molecule has 0 bridgehead atoms. The highest BCUT2D eigenvalue weighted by molar-refractivity contribution is 5.75. The van der Waals surface area contributed by atoms with Gasteiger partial charge in [0, 0.05) is 12.6 Å². The molecule has 0 radical (unpaired) electrons. The van der Waals surface area contributed by atoms with Gasteiger partial charge in [0.25, 0.3) is 0 Å². The minimum Gasteiger partial charge on any atom is -0.469 e. The average Bonchev–Trinajstić information content (AvgIpc) is 2.35. The van der Waals surface area contributed by atoms with Crippen molar-refractivity contribution in [2.75, 3.05) is 13.7 Å². The van der Waals surface area contributed by atoms with E-state index in [1.165, 1.54) is 7.11 Å². The molecule has 0 aliphatic carbocycles. The number of likely N-dealkylation sites (tertiary alicyclic amines) is 1. The zero-order valence-corrected chi connectivity index (χ0v) is 12.6. The van der Waals surface area contributed by atoms with Crippen molar-refractivity contribution in [3.63, 3.8) is 0 Å². The number of carbonyl (C=O) groups excluding carboxylic acids is 2. The molecule has 2 unspecified atom stereocenters. The molecule has 0 N–H and O–H groups in total. The number of rotatable bonds is 2. The minimum atomic E-state index is -0.520. The second kappa shape index (κ2) is 6.26. The molecule has 0 aromatic rings. The molecule has 2 atom stereocenters. The fourth-order valence-corrected chi connectivity index (χ4v) is 2.35. The fourth-order valence-electron chi connectivity index (χ4n) is 2.35. The lowest BCUT2D eigenvalue weighted by atomic mass is 9.92. The molecule has 1 rings (SSSR count). The van der Waals surface area contributed by atoms with Crippen LogP contribution in [0.3, 0.4) is 0 Å². The normalized spacial score (nSPS) is 23.9. The lowest BCUT2D eigenvalue weighted by molar-refractivity contribution is -0.147. The van der Waals surface area contributed by atoms with E-state index in [2.05, 4.69) is 0 Å². The van der Waals surface area contributed by atoms with Crippen LogP contribution in [0, 0.1) is 5.92 Å². The van der Waals surface area contributed by atoms with Gasteiger partial charge in [0.2, 0.25) is 0 Å². The molecule has 19 heavy (non-hydrogen) atoms. The van der Waals surface area contributed by atoms with E-state index in [1.807, 2.05) is 27.7 Å². The van der Waals surface area contributed by atoms with Crippen molar-refractivity contribution in [2.24, 2.45) is 5.92 Å². The largest absolute Gasteiger partial charge is 0.469 e. The zero-order valence-electron chi connectivity index (χ0n) is 12.6. The summed E-state index contributed by atoms with van der Waals surface area (Å²) in [4.78, 5) is 25.5. The average molecular weight is 271 g/mol. The summed E-state index contributed by atoms with van der Waals surface area (Å²) in [5, 5.41) is 0. The van der Waals surface area contributed by atoms with Crippen LogP contribution >= 0.6 is 0 Å². The monoisotopic (exact) mass is 271 g/mol. The summed E-state index contributed by atoms with van der Waals surface area (Å²) in [5.41, 5.74) is -0.520. The number of ether oxygens (including phenoxy) is 2. The molecule has 1 aliphatic heterocycles. The lowest BCUT2D eigenvalue weighted by Crippen LogP contribution is -2.50. The molecule has 110 valence electrons. The van der Waals surface area contributed by atoms with Crippen molar-refractivity contribution in [3.05, 3.63) is 0 Å². The SMILES string of the molecule is CCC1CCC(C(=O)OC)CN1C(=O)OC(C)(C)C. The van der Waals surface area contributed by atoms with Gasteiger partial charge in [0.05, 0.1) is 13.0 Å². The molecule has 5 nitrogen and oxygen atoms in total. The van der Waals surface area contributed by atoms with Gasteiger partial charge in [-0.05, 0) is 40.0 Å². The number of amides is 1. The van der Waals surface area contributed by atoms with Gasteiger partial charge in [-0.15, -0.1) is 0 Å². The number of hydrogen-bond donors (Lipinski definition) is 0. The molecule has 0 aromatic carbocycles. The highest BCUT2D eigenvalue weighted by atomic mass is 16.6. The molecule has 1 aliphatic rings. The van der Waals surface area contributed by atoms with Crippen LogP contribution in [0.5, 0.6) is 0 Å². The van der Waals surface area contributed by atoms with Gasteiger partial charge in [-0.1, -0.05) is 6.92 Å². The summed E-state index contributed by atoms with van der Waals surface area (Å²) >= 11 is 0. The van der Waals surface area contributed by atoms with Gasteiger partial charge in [0.1, 0.15) is 5.60 Å². The van der Waals surface area contributed by atoms with Crippen molar-refractivity contribution in [3.8, 4) is 0 Å². The van der Waals surface area contributed by atoms with Crippen molar-refractivity contribution < 1.29 is 19.1 Å². The van der Waals surface area contributed by atoms with Crippen LogP contribution in [-0.2, 0) is 14.3 Å². The molecule has 0 aromatic heterocycles. The van der Waals surface area contributed by atoms with E-state index in [9.17, 15) is 9.59 Å². The number of hydrogen-bond acceptors (Lipinski definition) is 4. The van der Waals surface area contributed by atoms with E-state index in [-0.39, 0.29) is 24.0 Å². The Morgan fingerprint density at radius 2 is 1.89 bits per heavy atom. The van der Waals surface area contributed by atoms with E-state index in [1.54, 1.807) is 4.90 Å². The van der Waals surface area contributed by atoms with Gasteiger partial charge < -0.3 is 14.4 Å². The molecule has 0 spiro atoms. The Balaban J connectivity index is 2.75. The predicted molar refractivity (Wildman–Crippen MR) is 71.8 cm³/mol. The Kier molecular flexibility index (Phi) is 5.20. The number of piperidine rings is 1. The highest BCUT2D eigenvalue weighted by Crippen LogP contribution is 2.26. The van der Waals surface area contributed by atoms with Crippen LogP contribution in [0.2, 0.25) is 0 Å². The van der Waals surface area contributed by atoms with Crippen LogP contribution in [0.1, 0.15) is 47.0 Å². The van der Waals surface area contributed by atoms with Crippen molar-refractivity contribution in [2.45, 2.75) is 58.6 Å². The third-order valence-electron chi connectivity index (χ3n) is 3.34. The number of methoxy groups -OCH3 is 1. The number of esters is 1.